The molecule has 2 heterocycles. The van der Waals surface area contributed by atoms with Gasteiger partial charge in [-0.05, 0) is 42.0 Å². The Bertz CT molecular complexity index is 1480. The van der Waals surface area contributed by atoms with E-state index in [2.05, 4.69) is 25.4 Å². The SMILES string of the molecule is Cc1nc(COc2ccccc2C(=O)Nc2ccc3nc(Cc4ccccc4F)[nH]c3c2)no1. The number of fused-ring (bicyclic) bond motifs is 1. The Kier molecular flexibility index (Phi) is 5.73. The van der Waals surface area contributed by atoms with Gasteiger partial charge in [0.1, 0.15) is 17.4 Å². The third-order valence-electron chi connectivity index (χ3n) is 5.16. The number of carbonyl (C=O) groups is 1. The van der Waals surface area contributed by atoms with Gasteiger partial charge in [-0.1, -0.05) is 35.5 Å². The number of aryl methyl sites for hydroxylation is 1. The lowest BCUT2D eigenvalue weighted by Gasteiger charge is -2.10. The van der Waals surface area contributed by atoms with E-state index in [1.807, 2.05) is 0 Å². The van der Waals surface area contributed by atoms with Gasteiger partial charge in [0.05, 0.1) is 16.6 Å². The highest BCUT2D eigenvalue weighted by atomic mass is 19.1. The first kappa shape index (κ1) is 21.3. The number of H-pyrrole nitrogens is 1. The minimum Gasteiger partial charge on any atom is -0.485 e. The van der Waals surface area contributed by atoms with E-state index in [0.29, 0.717) is 46.5 Å². The van der Waals surface area contributed by atoms with Crippen molar-refractivity contribution in [1.29, 1.82) is 0 Å². The number of hydrogen-bond acceptors (Lipinski definition) is 6. The Labute approximate surface area is 193 Å². The molecule has 0 spiro atoms. The fraction of sp³-hybridized carbons (Fsp3) is 0.120. The van der Waals surface area contributed by atoms with Gasteiger partial charge in [-0.2, -0.15) is 4.98 Å². The quantitative estimate of drug-likeness (QED) is 0.363. The number of rotatable bonds is 7. The highest BCUT2D eigenvalue weighted by Gasteiger charge is 2.15. The number of aromatic nitrogens is 4. The maximum Gasteiger partial charge on any atom is 0.259 e. The lowest BCUT2D eigenvalue weighted by molar-refractivity contribution is 0.102. The first-order chi connectivity index (χ1) is 16.5. The van der Waals surface area contributed by atoms with Gasteiger partial charge >= 0.3 is 0 Å². The van der Waals surface area contributed by atoms with Gasteiger partial charge < -0.3 is 19.6 Å². The smallest absolute Gasteiger partial charge is 0.259 e. The average molecular weight is 457 g/mol. The van der Waals surface area contributed by atoms with Crippen LogP contribution in [0.25, 0.3) is 11.0 Å². The van der Waals surface area contributed by atoms with Gasteiger partial charge in [-0.3, -0.25) is 4.79 Å². The molecule has 3 aromatic carbocycles. The van der Waals surface area contributed by atoms with E-state index < -0.39 is 0 Å². The summed E-state index contributed by atoms with van der Waals surface area (Å²) in [5.74, 6) is 1.27. The van der Waals surface area contributed by atoms with Gasteiger partial charge in [-0.15, -0.1) is 0 Å². The molecule has 0 aliphatic heterocycles. The second kappa shape index (κ2) is 9.14. The van der Waals surface area contributed by atoms with E-state index >= 15 is 0 Å². The van der Waals surface area contributed by atoms with Crippen LogP contribution in [0.4, 0.5) is 10.1 Å². The molecule has 5 aromatic rings. The summed E-state index contributed by atoms with van der Waals surface area (Å²) in [4.78, 5) is 24.8. The summed E-state index contributed by atoms with van der Waals surface area (Å²) in [5, 5.41) is 6.68. The number of carbonyl (C=O) groups excluding carboxylic acids is 1. The van der Waals surface area contributed by atoms with Crippen LogP contribution in [-0.2, 0) is 13.0 Å². The first-order valence-corrected chi connectivity index (χ1v) is 10.6. The molecule has 0 radical (unpaired) electrons. The molecule has 5 rings (SSSR count). The highest BCUT2D eigenvalue weighted by Crippen LogP contribution is 2.23. The molecule has 1 amide bonds. The maximum atomic E-state index is 14.0. The molecule has 0 fully saturated rings. The van der Waals surface area contributed by atoms with Crippen molar-refractivity contribution in [2.45, 2.75) is 20.0 Å². The Morgan fingerprint density at radius 2 is 1.91 bits per heavy atom. The standard InChI is InChI=1S/C25H20FN5O3/c1-15-27-24(31-34-15)14-33-22-9-5-3-7-18(22)25(32)28-17-10-11-20-21(13-17)30-23(29-20)12-16-6-2-4-8-19(16)26/h2-11,13H,12,14H2,1H3,(H,28,32)(H,29,30). The summed E-state index contributed by atoms with van der Waals surface area (Å²) in [6, 6.07) is 18.9. The Balaban J connectivity index is 1.31. The number of nitrogens with one attached hydrogen (secondary N) is 2. The molecular formula is C25H20FN5O3. The molecule has 9 heteroatoms. The summed E-state index contributed by atoms with van der Waals surface area (Å²) >= 11 is 0. The van der Waals surface area contributed by atoms with Gasteiger partial charge in [0.25, 0.3) is 5.91 Å². The van der Waals surface area contributed by atoms with Crippen LogP contribution < -0.4 is 10.1 Å². The first-order valence-electron chi connectivity index (χ1n) is 10.6. The predicted octanol–water partition coefficient (Wildman–Crippen LogP) is 4.82. The van der Waals surface area contributed by atoms with Crippen LogP contribution in [0.1, 0.15) is 33.5 Å². The number of para-hydroxylation sites is 1. The number of amides is 1. The fourth-order valence-corrected chi connectivity index (χ4v) is 3.57. The molecule has 0 unspecified atom stereocenters. The second-order valence-electron chi connectivity index (χ2n) is 7.65. The van der Waals surface area contributed by atoms with Crippen molar-refractivity contribution in [1.82, 2.24) is 20.1 Å². The van der Waals surface area contributed by atoms with Crippen molar-refractivity contribution < 1.29 is 18.4 Å². The number of hydrogen-bond donors (Lipinski definition) is 2. The Morgan fingerprint density at radius 3 is 2.74 bits per heavy atom. The second-order valence-corrected chi connectivity index (χ2v) is 7.65. The molecule has 0 aliphatic carbocycles. The van der Waals surface area contributed by atoms with Crippen LogP contribution >= 0.6 is 0 Å². The molecule has 0 aliphatic rings. The number of halogens is 1. The largest absolute Gasteiger partial charge is 0.485 e. The summed E-state index contributed by atoms with van der Waals surface area (Å²) in [6.07, 6.45) is 0.341. The number of benzene rings is 3. The van der Waals surface area contributed by atoms with Gasteiger partial charge in [0, 0.05) is 19.0 Å². The van der Waals surface area contributed by atoms with Gasteiger partial charge in [-0.25, -0.2) is 9.37 Å². The van der Waals surface area contributed by atoms with E-state index in [9.17, 15) is 9.18 Å². The number of imidazole rings is 1. The third kappa shape index (κ3) is 4.63. The van der Waals surface area contributed by atoms with Crippen LogP contribution in [0, 0.1) is 12.7 Å². The van der Waals surface area contributed by atoms with Crippen molar-refractivity contribution >= 4 is 22.6 Å². The lowest BCUT2D eigenvalue weighted by atomic mass is 10.1. The van der Waals surface area contributed by atoms with E-state index in [1.54, 1.807) is 67.6 Å². The van der Waals surface area contributed by atoms with Gasteiger partial charge in [0.15, 0.2) is 6.61 Å². The summed E-state index contributed by atoms with van der Waals surface area (Å²) in [5.41, 5.74) is 2.97. The lowest BCUT2D eigenvalue weighted by Crippen LogP contribution is -2.13. The normalized spacial score (nSPS) is 11.0. The molecule has 8 nitrogen and oxygen atoms in total. The van der Waals surface area contributed by atoms with Crippen molar-refractivity contribution in [3.63, 3.8) is 0 Å². The minimum absolute atomic E-state index is 0.0759. The van der Waals surface area contributed by atoms with Crippen LogP contribution in [0.5, 0.6) is 5.75 Å². The third-order valence-corrected chi connectivity index (χ3v) is 5.16. The number of ether oxygens (including phenoxy) is 1. The van der Waals surface area contributed by atoms with Crippen LogP contribution in [0.15, 0.2) is 71.3 Å². The fourth-order valence-electron chi connectivity index (χ4n) is 3.57. The molecule has 0 bridgehead atoms. The molecule has 0 saturated carbocycles. The maximum absolute atomic E-state index is 14.0. The summed E-state index contributed by atoms with van der Waals surface area (Å²) in [6.45, 7) is 1.77. The van der Waals surface area contributed by atoms with E-state index in [-0.39, 0.29) is 18.3 Å². The van der Waals surface area contributed by atoms with E-state index in [0.717, 1.165) is 11.0 Å². The van der Waals surface area contributed by atoms with Crippen molar-refractivity contribution in [3.8, 4) is 5.75 Å². The van der Waals surface area contributed by atoms with E-state index in [1.165, 1.54) is 6.07 Å². The Hall–Kier alpha value is -4.53. The number of nitrogens with zero attached hydrogens (tertiary/aromatic N) is 3. The van der Waals surface area contributed by atoms with Crippen LogP contribution in [0.3, 0.4) is 0 Å². The zero-order valence-electron chi connectivity index (χ0n) is 18.2. The minimum atomic E-state index is -0.328. The molecule has 2 N–H and O–H groups in total. The zero-order valence-corrected chi connectivity index (χ0v) is 18.2. The molecule has 34 heavy (non-hydrogen) atoms. The molecule has 0 atom stereocenters. The monoisotopic (exact) mass is 457 g/mol. The number of aromatic amines is 1. The average Bonchev–Trinajstić information content (AvgIpc) is 3.44. The van der Waals surface area contributed by atoms with Crippen molar-refractivity contribution in [2.75, 3.05) is 5.32 Å². The topological polar surface area (TPSA) is 106 Å². The molecular weight excluding hydrogens is 437 g/mol. The predicted molar refractivity (Wildman–Crippen MR) is 123 cm³/mol. The number of anilines is 1. The van der Waals surface area contributed by atoms with Crippen molar-refractivity contribution in [3.05, 3.63) is 101 Å². The van der Waals surface area contributed by atoms with Gasteiger partial charge in [0.2, 0.25) is 11.7 Å². The van der Waals surface area contributed by atoms with Crippen molar-refractivity contribution in [2.24, 2.45) is 0 Å². The zero-order chi connectivity index (χ0) is 23.5. The molecule has 2 aromatic heterocycles. The highest BCUT2D eigenvalue weighted by molar-refractivity contribution is 6.06. The van der Waals surface area contributed by atoms with Crippen LogP contribution in [0.2, 0.25) is 0 Å². The Morgan fingerprint density at radius 1 is 1.09 bits per heavy atom. The summed E-state index contributed by atoms with van der Waals surface area (Å²) in [7, 11) is 0. The summed E-state index contributed by atoms with van der Waals surface area (Å²) < 4.78 is 24.7. The van der Waals surface area contributed by atoms with E-state index in [4.69, 9.17) is 9.26 Å². The van der Waals surface area contributed by atoms with Crippen LogP contribution in [-0.4, -0.2) is 26.0 Å². The molecule has 170 valence electrons. The molecule has 0 saturated heterocycles.